The molecule has 0 aliphatic rings. The van der Waals surface area contributed by atoms with Crippen LogP contribution in [0.25, 0.3) is 0 Å². The molecule has 0 N–H and O–H groups in total. The molecule has 21 heavy (non-hydrogen) atoms. The average molecular weight is 352 g/mol. The van der Waals surface area contributed by atoms with Gasteiger partial charge in [0.15, 0.2) is 11.6 Å². The lowest BCUT2D eigenvalue weighted by Gasteiger charge is -2.18. The molecule has 3 nitrogen and oxygen atoms in total. The van der Waals surface area contributed by atoms with Crippen molar-refractivity contribution in [2.75, 3.05) is 14.2 Å². The number of benzene rings is 2. The van der Waals surface area contributed by atoms with Crippen molar-refractivity contribution in [3.05, 3.63) is 63.9 Å². The molecule has 0 atom stereocenters. The maximum Gasteiger partial charge on any atom is 0.254 e. The molecule has 0 aromatic heterocycles. The van der Waals surface area contributed by atoms with E-state index >= 15 is 0 Å². The van der Waals surface area contributed by atoms with E-state index in [4.69, 9.17) is 4.74 Å². The standard InChI is InChI=1S/C16H15BrFNO2/c1-19(10-11-3-6-13(17)7-4-11)16(20)12-5-8-14(18)15(9-12)21-2/h3-9H,10H2,1-2H3. The number of nitrogens with zero attached hydrogens (tertiary/aromatic N) is 1. The number of ether oxygens (including phenoxy) is 1. The second-order valence-corrected chi connectivity index (χ2v) is 5.55. The topological polar surface area (TPSA) is 29.5 Å². The molecule has 0 fully saturated rings. The second-order valence-electron chi connectivity index (χ2n) is 4.64. The fraction of sp³-hybridized carbons (Fsp3) is 0.188. The summed E-state index contributed by atoms with van der Waals surface area (Å²) in [7, 11) is 3.08. The van der Waals surface area contributed by atoms with Gasteiger partial charge in [0.05, 0.1) is 7.11 Å². The normalized spacial score (nSPS) is 10.3. The first-order valence-corrected chi connectivity index (χ1v) is 7.14. The van der Waals surface area contributed by atoms with E-state index in [0.717, 1.165) is 10.0 Å². The molecule has 0 unspecified atom stereocenters. The molecule has 0 bridgehead atoms. The van der Waals surface area contributed by atoms with Crippen molar-refractivity contribution in [1.29, 1.82) is 0 Å². The number of hydrogen-bond donors (Lipinski definition) is 0. The van der Waals surface area contributed by atoms with E-state index in [1.807, 2.05) is 24.3 Å². The summed E-state index contributed by atoms with van der Waals surface area (Å²) in [6.07, 6.45) is 0. The lowest BCUT2D eigenvalue weighted by atomic mass is 10.1. The minimum Gasteiger partial charge on any atom is -0.494 e. The van der Waals surface area contributed by atoms with Gasteiger partial charge in [-0.2, -0.15) is 0 Å². The van der Waals surface area contributed by atoms with Crippen molar-refractivity contribution in [1.82, 2.24) is 4.90 Å². The van der Waals surface area contributed by atoms with Gasteiger partial charge in [-0.3, -0.25) is 4.79 Å². The number of methoxy groups -OCH3 is 1. The van der Waals surface area contributed by atoms with E-state index in [0.29, 0.717) is 12.1 Å². The summed E-state index contributed by atoms with van der Waals surface area (Å²) >= 11 is 3.37. The molecular formula is C16H15BrFNO2. The highest BCUT2D eigenvalue weighted by atomic mass is 79.9. The molecule has 2 aromatic rings. The molecule has 0 saturated heterocycles. The van der Waals surface area contributed by atoms with Crippen molar-refractivity contribution in [3.63, 3.8) is 0 Å². The molecular weight excluding hydrogens is 337 g/mol. The number of rotatable bonds is 4. The first-order chi connectivity index (χ1) is 10.0. The lowest BCUT2D eigenvalue weighted by molar-refractivity contribution is 0.0784. The molecule has 110 valence electrons. The number of carbonyl (C=O) groups is 1. The van der Waals surface area contributed by atoms with Crippen LogP contribution >= 0.6 is 15.9 Å². The van der Waals surface area contributed by atoms with Crippen molar-refractivity contribution in [2.24, 2.45) is 0 Å². The van der Waals surface area contributed by atoms with Crippen LogP contribution in [0.4, 0.5) is 4.39 Å². The molecule has 2 rings (SSSR count). The quantitative estimate of drug-likeness (QED) is 0.836. The zero-order valence-corrected chi connectivity index (χ0v) is 13.4. The Hall–Kier alpha value is -1.88. The maximum absolute atomic E-state index is 13.4. The summed E-state index contributed by atoms with van der Waals surface area (Å²) in [4.78, 5) is 13.9. The zero-order chi connectivity index (χ0) is 15.4. The number of hydrogen-bond acceptors (Lipinski definition) is 2. The van der Waals surface area contributed by atoms with Gasteiger partial charge in [-0.25, -0.2) is 4.39 Å². The maximum atomic E-state index is 13.4. The first-order valence-electron chi connectivity index (χ1n) is 6.34. The van der Waals surface area contributed by atoms with Gasteiger partial charge in [0.1, 0.15) is 0 Å². The van der Waals surface area contributed by atoms with Crippen molar-refractivity contribution in [2.45, 2.75) is 6.54 Å². The van der Waals surface area contributed by atoms with Crippen molar-refractivity contribution < 1.29 is 13.9 Å². The molecule has 5 heteroatoms. The third-order valence-electron chi connectivity index (χ3n) is 3.08. The average Bonchev–Trinajstić information content (AvgIpc) is 2.49. The monoisotopic (exact) mass is 351 g/mol. The van der Waals surface area contributed by atoms with Crippen LogP contribution in [0.1, 0.15) is 15.9 Å². The van der Waals surface area contributed by atoms with Crippen LogP contribution in [0.5, 0.6) is 5.75 Å². The Morgan fingerprint density at radius 2 is 1.90 bits per heavy atom. The van der Waals surface area contributed by atoms with E-state index in [-0.39, 0.29) is 11.7 Å². The largest absolute Gasteiger partial charge is 0.494 e. The van der Waals surface area contributed by atoms with Gasteiger partial charge in [-0.15, -0.1) is 0 Å². The Kier molecular flexibility index (Phi) is 4.96. The Balaban J connectivity index is 2.13. The highest BCUT2D eigenvalue weighted by molar-refractivity contribution is 9.10. The number of carbonyl (C=O) groups excluding carboxylic acids is 1. The van der Waals surface area contributed by atoms with E-state index in [9.17, 15) is 9.18 Å². The minimum atomic E-state index is -0.482. The summed E-state index contributed by atoms with van der Waals surface area (Å²) in [5.74, 6) is -0.598. The van der Waals surface area contributed by atoms with E-state index in [1.165, 1.54) is 25.3 Å². The number of amides is 1. The summed E-state index contributed by atoms with van der Waals surface area (Å²) in [6, 6.07) is 11.8. The van der Waals surface area contributed by atoms with Gasteiger partial charge < -0.3 is 9.64 Å². The third kappa shape index (κ3) is 3.82. The first kappa shape index (κ1) is 15.5. The summed E-state index contributed by atoms with van der Waals surface area (Å²) in [6.45, 7) is 0.478. The molecule has 0 saturated carbocycles. The van der Waals surface area contributed by atoms with E-state index in [2.05, 4.69) is 15.9 Å². The minimum absolute atomic E-state index is 0.0675. The van der Waals surface area contributed by atoms with Crippen LogP contribution in [0.3, 0.4) is 0 Å². The molecule has 2 aromatic carbocycles. The second kappa shape index (κ2) is 6.72. The fourth-order valence-corrected chi connectivity index (χ4v) is 2.21. The van der Waals surface area contributed by atoms with Crippen LogP contribution in [-0.2, 0) is 6.54 Å². The molecule has 1 amide bonds. The fourth-order valence-electron chi connectivity index (χ4n) is 1.95. The Morgan fingerprint density at radius 3 is 2.52 bits per heavy atom. The van der Waals surface area contributed by atoms with Crippen LogP contribution in [0.2, 0.25) is 0 Å². The smallest absolute Gasteiger partial charge is 0.254 e. The van der Waals surface area contributed by atoms with Gasteiger partial charge in [-0.05, 0) is 35.9 Å². The van der Waals surface area contributed by atoms with Gasteiger partial charge in [0.2, 0.25) is 0 Å². The summed E-state index contributed by atoms with van der Waals surface area (Å²) < 4.78 is 19.3. The van der Waals surface area contributed by atoms with Crippen LogP contribution in [0.15, 0.2) is 46.9 Å². The summed E-state index contributed by atoms with van der Waals surface area (Å²) in [5, 5.41) is 0. The summed E-state index contributed by atoms with van der Waals surface area (Å²) in [5.41, 5.74) is 1.41. The Labute approximate surface area is 131 Å². The molecule has 0 radical (unpaired) electrons. The van der Waals surface area contributed by atoms with Gasteiger partial charge >= 0.3 is 0 Å². The Bertz CT molecular complexity index is 643. The highest BCUT2D eigenvalue weighted by Crippen LogP contribution is 2.20. The third-order valence-corrected chi connectivity index (χ3v) is 3.61. The van der Waals surface area contributed by atoms with Gasteiger partial charge in [-0.1, -0.05) is 28.1 Å². The lowest BCUT2D eigenvalue weighted by Crippen LogP contribution is -2.26. The zero-order valence-electron chi connectivity index (χ0n) is 11.8. The predicted octanol–water partition coefficient (Wildman–Crippen LogP) is 3.87. The van der Waals surface area contributed by atoms with Crippen LogP contribution < -0.4 is 4.74 Å². The Morgan fingerprint density at radius 1 is 1.24 bits per heavy atom. The molecule has 0 aliphatic heterocycles. The van der Waals surface area contributed by atoms with Crippen molar-refractivity contribution >= 4 is 21.8 Å². The molecule has 0 heterocycles. The van der Waals surface area contributed by atoms with Gasteiger partial charge in [0, 0.05) is 23.6 Å². The van der Waals surface area contributed by atoms with Crippen molar-refractivity contribution in [3.8, 4) is 5.75 Å². The molecule has 0 aliphatic carbocycles. The predicted molar refractivity (Wildman–Crippen MR) is 82.9 cm³/mol. The van der Waals surface area contributed by atoms with Crippen LogP contribution in [0, 0.1) is 5.82 Å². The van der Waals surface area contributed by atoms with E-state index < -0.39 is 5.82 Å². The molecule has 0 spiro atoms. The van der Waals surface area contributed by atoms with Crippen LogP contribution in [-0.4, -0.2) is 25.0 Å². The van der Waals surface area contributed by atoms with Gasteiger partial charge in [0.25, 0.3) is 5.91 Å². The van der Waals surface area contributed by atoms with E-state index in [1.54, 1.807) is 11.9 Å². The number of halogens is 2. The highest BCUT2D eigenvalue weighted by Gasteiger charge is 2.14. The SMILES string of the molecule is COc1cc(C(=O)N(C)Cc2ccc(Br)cc2)ccc1F.